The fourth-order valence-electron chi connectivity index (χ4n) is 2.95. The third-order valence-electron chi connectivity index (χ3n) is 4.51. The lowest BCUT2D eigenvalue weighted by atomic mass is 10.1. The molecule has 29 heavy (non-hydrogen) atoms. The summed E-state index contributed by atoms with van der Waals surface area (Å²) >= 11 is 0. The molecule has 150 valence electrons. The predicted molar refractivity (Wildman–Crippen MR) is 104 cm³/mol. The summed E-state index contributed by atoms with van der Waals surface area (Å²) in [5.41, 5.74) is 1.88. The summed E-state index contributed by atoms with van der Waals surface area (Å²) < 4.78 is 31.3. The van der Waals surface area contributed by atoms with E-state index >= 15 is 0 Å². The zero-order valence-corrected chi connectivity index (χ0v) is 15.9. The summed E-state index contributed by atoms with van der Waals surface area (Å²) in [4.78, 5) is 26.1. The SMILES string of the molecule is Cc1ccc(N2CC(C(=O)NCC#CCOc3ccc(F)cc3F)CC2=O)cc1. The minimum Gasteiger partial charge on any atom is -0.478 e. The average Bonchev–Trinajstić information content (AvgIpc) is 3.08. The van der Waals surface area contributed by atoms with Crippen LogP contribution in [-0.2, 0) is 9.59 Å². The van der Waals surface area contributed by atoms with Crippen LogP contribution in [0.4, 0.5) is 14.5 Å². The van der Waals surface area contributed by atoms with Crippen molar-refractivity contribution in [2.75, 3.05) is 24.6 Å². The van der Waals surface area contributed by atoms with E-state index in [1.54, 1.807) is 4.90 Å². The van der Waals surface area contributed by atoms with Gasteiger partial charge >= 0.3 is 0 Å². The number of nitrogens with zero attached hydrogens (tertiary/aromatic N) is 1. The van der Waals surface area contributed by atoms with Gasteiger partial charge in [-0.05, 0) is 31.2 Å². The normalized spacial score (nSPS) is 15.6. The Morgan fingerprint density at radius 1 is 1.21 bits per heavy atom. The van der Waals surface area contributed by atoms with E-state index in [0.717, 1.165) is 23.4 Å². The molecule has 1 N–H and O–H groups in total. The number of carbonyl (C=O) groups is 2. The summed E-state index contributed by atoms with van der Waals surface area (Å²) in [5, 5.41) is 2.67. The number of hydrogen-bond acceptors (Lipinski definition) is 3. The molecule has 3 rings (SSSR count). The first kappa shape index (κ1) is 20.3. The van der Waals surface area contributed by atoms with Gasteiger partial charge in [0.05, 0.1) is 12.5 Å². The molecule has 2 aromatic rings. The number of ether oxygens (including phenoxy) is 1. The summed E-state index contributed by atoms with van der Waals surface area (Å²) in [6, 6.07) is 10.6. The molecule has 0 bridgehead atoms. The Balaban J connectivity index is 1.44. The Bertz CT molecular complexity index is 964. The second kappa shape index (κ2) is 9.20. The highest BCUT2D eigenvalue weighted by molar-refractivity contribution is 6.00. The van der Waals surface area contributed by atoms with Crippen LogP contribution in [0.1, 0.15) is 12.0 Å². The van der Waals surface area contributed by atoms with Crippen molar-refractivity contribution in [1.29, 1.82) is 0 Å². The molecule has 1 atom stereocenters. The van der Waals surface area contributed by atoms with Crippen LogP contribution in [0.3, 0.4) is 0 Å². The molecule has 1 saturated heterocycles. The van der Waals surface area contributed by atoms with Gasteiger partial charge in [-0.1, -0.05) is 29.5 Å². The highest BCUT2D eigenvalue weighted by Gasteiger charge is 2.34. The summed E-state index contributed by atoms with van der Waals surface area (Å²) in [5.74, 6) is 3.00. The molecule has 0 aliphatic carbocycles. The molecule has 0 radical (unpaired) electrons. The zero-order valence-electron chi connectivity index (χ0n) is 15.9. The van der Waals surface area contributed by atoms with Crippen LogP contribution in [-0.4, -0.2) is 31.5 Å². The molecule has 5 nitrogen and oxygen atoms in total. The molecule has 1 heterocycles. The van der Waals surface area contributed by atoms with Crippen LogP contribution in [0.5, 0.6) is 5.75 Å². The van der Waals surface area contributed by atoms with Gasteiger partial charge in [-0.3, -0.25) is 9.59 Å². The molecular formula is C22H20F2N2O3. The zero-order chi connectivity index (χ0) is 20.8. The number of benzene rings is 2. The van der Waals surface area contributed by atoms with Crippen LogP contribution in [0.25, 0.3) is 0 Å². The van der Waals surface area contributed by atoms with Crippen molar-refractivity contribution in [1.82, 2.24) is 5.32 Å². The van der Waals surface area contributed by atoms with E-state index in [-0.39, 0.29) is 37.1 Å². The van der Waals surface area contributed by atoms with Crippen LogP contribution in [0, 0.1) is 36.3 Å². The molecule has 7 heteroatoms. The fourth-order valence-corrected chi connectivity index (χ4v) is 2.95. The van der Waals surface area contributed by atoms with Crippen molar-refractivity contribution in [3.05, 3.63) is 59.7 Å². The standard InChI is InChI=1S/C22H20F2N2O3/c1-15-4-7-18(8-5-15)26-14-16(12-21(26)27)22(28)25-10-2-3-11-29-20-9-6-17(23)13-19(20)24/h4-9,13,16H,10-12,14H2,1H3,(H,25,28). The van der Waals surface area contributed by atoms with Crippen molar-refractivity contribution in [3.8, 4) is 17.6 Å². The first-order valence-electron chi connectivity index (χ1n) is 9.12. The number of nitrogens with one attached hydrogen (secondary N) is 1. The number of hydrogen-bond donors (Lipinski definition) is 1. The topological polar surface area (TPSA) is 58.6 Å². The molecule has 0 aromatic heterocycles. The third kappa shape index (κ3) is 5.32. The Labute approximate surface area is 167 Å². The van der Waals surface area contributed by atoms with Crippen molar-refractivity contribution in [2.24, 2.45) is 5.92 Å². The van der Waals surface area contributed by atoms with Crippen molar-refractivity contribution in [3.63, 3.8) is 0 Å². The number of carbonyl (C=O) groups excluding carboxylic acids is 2. The van der Waals surface area contributed by atoms with E-state index in [4.69, 9.17) is 4.74 Å². The lowest BCUT2D eigenvalue weighted by Gasteiger charge is -2.16. The Hall–Kier alpha value is -3.40. The number of anilines is 1. The van der Waals surface area contributed by atoms with Gasteiger partial charge in [0.15, 0.2) is 11.6 Å². The summed E-state index contributed by atoms with van der Waals surface area (Å²) in [7, 11) is 0. The van der Waals surface area contributed by atoms with Gasteiger partial charge in [0.1, 0.15) is 12.4 Å². The predicted octanol–water partition coefficient (Wildman–Crippen LogP) is 2.82. The average molecular weight is 398 g/mol. The second-order valence-electron chi connectivity index (χ2n) is 6.68. The second-order valence-corrected chi connectivity index (χ2v) is 6.68. The number of aryl methyl sites for hydroxylation is 1. The van der Waals surface area contributed by atoms with Gasteiger partial charge in [-0.25, -0.2) is 8.78 Å². The van der Waals surface area contributed by atoms with Crippen molar-refractivity contribution < 1.29 is 23.1 Å². The van der Waals surface area contributed by atoms with Crippen LogP contribution < -0.4 is 15.0 Å². The van der Waals surface area contributed by atoms with Crippen LogP contribution in [0.2, 0.25) is 0 Å². The maximum Gasteiger partial charge on any atom is 0.227 e. The van der Waals surface area contributed by atoms with E-state index in [1.165, 1.54) is 6.07 Å². The van der Waals surface area contributed by atoms with E-state index in [9.17, 15) is 18.4 Å². The summed E-state index contributed by atoms with van der Waals surface area (Å²) in [6.45, 7) is 2.28. The summed E-state index contributed by atoms with van der Waals surface area (Å²) in [6.07, 6.45) is 0.153. The molecule has 2 amide bonds. The number of amides is 2. The Morgan fingerprint density at radius 3 is 2.69 bits per heavy atom. The van der Waals surface area contributed by atoms with Gasteiger partial charge in [0.25, 0.3) is 0 Å². The quantitative estimate of drug-likeness (QED) is 0.788. The highest BCUT2D eigenvalue weighted by atomic mass is 19.1. The smallest absolute Gasteiger partial charge is 0.227 e. The van der Waals surface area contributed by atoms with Gasteiger partial charge < -0.3 is 15.0 Å². The number of rotatable bonds is 5. The Morgan fingerprint density at radius 2 is 1.97 bits per heavy atom. The van der Waals surface area contributed by atoms with Gasteiger partial charge in [-0.15, -0.1) is 0 Å². The lowest BCUT2D eigenvalue weighted by molar-refractivity contribution is -0.126. The highest BCUT2D eigenvalue weighted by Crippen LogP contribution is 2.25. The van der Waals surface area contributed by atoms with E-state index in [0.29, 0.717) is 6.54 Å². The maximum absolute atomic E-state index is 13.4. The minimum atomic E-state index is -0.802. The van der Waals surface area contributed by atoms with Crippen molar-refractivity contribution in [2.45, 2.75) is 13.3 Å². The van der Waals surface area contributed by atoms with E-state index in [2.05, 4.69) is 17.2 Å². The van der Waals surface area contributed by atoms with E-state index < -0.39 is 17.6 Å². The van der Waals surface area contributed by atoms with E-state index in [1.807, 2.05) is 31.2 Å². The first-order valence-corrected chi connectivity index (χ1v) is 9.12. The molecule has 0 spiro atoms. The molecular weight excluding hydrogens is 378 g/mol. The molecule has 2 aromatic carbocycles. The molecule has 1 fully saturated rings. The third-order valence-corrected chi connectivity index (χ3v) is 4.51. The molecule has 1 aliphatic rings. The molecule has 0 saturated carbocycles. The van der Waals surface area contributed by atoms with Crippen molar-refractivity contribution >= 4 is 17.5 Å². The maximum atomic E-state index is 13.4. The van der Waals surface area contributed by atoms with Gasteiger partial charge in [-0.2, -0.15) is 0 Å². The van der Waals surface area contributed by atoms with Gasteiger partial charge in [0, 0.05) is 24.7 Å². The lowest BCUT2D eigenvalue weighted by Crippen LogP contribution is -2.33. The monoisotopic (exact) mass is 398 g/mol. The van der Waals surface area contributed by atoms with Gasteiger partial charge in [0.2, 0.25) is 11.8 Å². The first-order chi connectivity index (χ1) is 13.9. The Kier molecular flexibility index (Phi) is 6.45. The number of halogens is 2. The minimum absolute atomic E-state index is 0.0866. The van der Waals surface area contributed by atoms with Crippen LogP contribution in [0.15, 0.2) is 42.5 Å². The molecule has 1 unspecified atom stereocenters. The van der Waals surface area contributed by atoms with Crippen LogP contribution >= 0.6 is 0 Å². The fraction of sp³-hybridized carbons (Fsp3) is 0.273. The molecule has 1 aliphatic heterocycles. The largest absolute Gasteiger partial charge is 0.478 e.